The largest absolute Gasteiger partial charge is 0.461 e. The second-order valence-corrected chi connectivity index (χ2v) is 12.8. The van der Waals surface area contributed by atoms with Crippen molar-refractivity contribution in [3.63, 3.8) is 0 Å². The highest BCUT2D eigenvalue weighted by Gasteiger charge is 2.60. The summed E-state index contributed by atoms with van der Waals surface area (Å²) in [5.74, 6) is -0.951. The van der Waals surface area contributed by atoms with Crippen LogP contribution in [0.1, 0.15) is 68.5 Å². The van der Waals surface area contributed by atoms with E-state index in [0.717, 1.165) is 6.42 Å². The van der Waals surface area contributed by atoms with Gasteiger partial charge in [0.25, 0.3) is 5.56 Å². The van der Waals surface area contributed by atoms with Gasteiger partial charge >= 0.3 is 7.12 Å². The fourth-order valence-electron chi connectivity index (χ4n) is 5.73. The minimum absolute atomic E-state index is 0.00110. The number of aromatic nitrogens is 6. The lowest BCUT2D eigenvalue weighted by Gasteiger charge is -2.32. The van der Waals surface area contributed by atoms with Crippen molar-refractivity contribution in [3.05, 3.63) is 80.0 Å². The summed E-state index contributed by atoms with van der Waals surface area (Å²) in [6, 6.07) is 3.14. The fourth-order valence-corrected chi connectivity index (χ4v) is 6.01. The van der Waals surface area contributed by atoms with Crippen LogP contribution in [0, 0.1) is 39.3 Å². The Balaban J connectivity index is 1.39. The highest BCUT2D eigenvalue weighted by atomic mass is 35.5. The smallest absolute Gasteiger partial charge is 0.403 e. The third-order valence-corrected chi connectivity index (χ3v) is 9.20. The third kappa shape index (κ3) is 4.70. The Morgan fingerprint density at radius 1 is 1.05 bits per heavy atom. The Bertz CT molecular complexity index is 1840. The van der Waals surface area contributed by atoms with E-state index in [1.54, 1.807) is 33.8 Å². The molecule has 2 aliphatic rings. The molecule has 0 aromatic carbocycles. The summed E-state index contributed by atoms with van der Waals surface area (Å²) in [4.78, 5) is 26.3. The maximum absolute atomic E-state index is 16.4. The minimum Gasteiger partial charge on any atom is -0.403 e. The number of pyridine rings is 3. The van der Waals surface area contributed by atoms with Crippen LogP contribution in [0.2, 0.25) is 10.8 Å². The van der Waals surface area contributed by atoms with Crippen molar-refractivity contribution in [3.8, 4) is 22.8 Å². The zero-order valence-corrected chi connectivity index (χ0v) is 26.0. The molecular formula is C30H32BClF2N6O3. The van der Waals surface area contributed by atoms with Gasteiger partial charge < -0.3 is 9.31 Å². The summed E-state index contributed by atoms with van der Waals surface area (Å²) in [6.45, 7) is 14.7. The van der Waals surface area contributed by atoms with Crippen LogP contribution >= 0.6 is 11.6 Å². The number of aryl methyl sites for hydroxylation is 4. The Hall–Kier alpha value is -3.48. The first-order valence-electron chi connectivity index (χ1n) is 14.1. The molecule has 2 atom stereocenters. The van der Waals surface area contributed by atoms with Gasteiger partial charge in [0, 0.05) is 29.5 Å². The van der Waals surface area contributed by atoms with Crippen LogP contribution in [0.3, 0.4) is 0 Å². The molecule has 5 heterocycles. The number of nitrogens with zero attached hydrogens (tertiary/aromatic N) is 6. The van der Waals surface area contributed by atoms with Gasteiger partial charge in [-0.25, -0.2) is 18.7 Å². The predicted octanol–water partition coefficient (Wildman–Crippen LogP) is 5.99. The minimum atomic E-state index is -0.863. The van der Waals surface area contributed by atoms with E-state index < -0.39 is 35.5 Å². The van der Waals surface area contributed by atoms with Crippen LogP contribution < -0.4 is 5.56 Å². The Labute approximate surface area is 253 Å². The van der Waals surface area contributed by atoms with Crippen molar-refractivity contribution in [1.29, 1.82) is 0 Å². The lowest BCUT2D eigenvalue weighted by atomic mass is 9.79. The van der Waals surface area contributed by atoms with Gasteiger partial charge in [0.1, 0.15) is 22.4 Å². The Kier molecular flexibility index (Phi) is 6.91. The molecule has 224 valence electrons. The second-order valence-electron chi connectivity index (χ2n) is 12.4. The zero-order chi connectivity index (χ0) is 31.2. The van der Waals surface area contributed by atoms with Crippen molar-refractivity contribution in [2.45, 2.75) is 84.7 Å². The van der Waals surface area contributed by atoms with E-state index in [9.17, 15) is 4.79 Å². The van der Waals surface area contributed by atoms with Crippen molar-refractivity contribution in [2.24, 2.45) is 0 Å². The molecule has 0 bridgehead atoms. The SMILES string of the molecule is Cc1nc(C)n(-c2nccc(-c3ncc(C)c(-n4c(C)cc([C@H]5C[C@@H]5B5OC(C)(C)C(C)(C)O5)c(Cl)c4=O)c3F)c2F)n1. The summed E-state index contributed by atoms with van der Waals surface area (Å²) in [5.41, 5.74) is -0.421. The van der Waals surface area contributed by atoms with Gasteiger partial charge in [-0.2, -0.15) is 4.68 Å². The monoisotopic (exact) mass is 608 g/mol. The van der Waals surface area contributed by atoms with Crippen LogP contribution in [-0.2, 0) is 9.31 Å². The molecule has 4 aromatic rings. The van der Waals surface area contributed by atoms with E-state index >= 15 is 8.78 Å². The molecule has 2 fully saturated rings. The average Bonchev–Trinajstić information content (AvgIpc) is 3.59. The highest BCUT2D eigenvalue weighted by molar-refractivity contribution is 6.49. The van der Waals surface area contributed by atoms with Crippen LogP contribution in [0.15, 0.2) is 29.3 Å². The maximum atomic E-state index is 16.4. The molecule has 4 aromatic heterocycles. The molecular weight excluding hydrogens is 577 g/mol. The predicted molar refractivity (Wildman–Crippen MR) is 159 cm³/mol. The molecule has 0 spiro atoms. The lowest BCUT2D eigenvalue weighted by molar-refractivity contribution is 0.00578. The van der Waals surface area contributed by atoms with Crippen LogP contribution in [0.25, 0.3) is 22.8 Å². The molecule has 0 unspecified atom stereocenters. The van der Waals surface area contributed by atoms with Crippen LogP contribution in [0.4, 0.5) is 8.78 Å². The lowest BCUT2D eigenvalue weighted by Crippen LogP contribution is -2.41. The average molecular weight is 609 g/mol. The van der Waals surface area contributed by atoms with E-state index in [4.69, 9.17) is 20.9 Å². The summed E-state index contributed by atoms with van der Waals surface area (Å²) in [7, 11) is -0.415. The van der Waals surface area contributed by atoms with Gasteiger partial charge in [-0.1, -0.05) is 11.6 Å². The summed E-state index contributed by atoms with van der Waals surface area (Å²) >= 11 is 6.69. The van der Waals surface area contributed by atoms with E-state index in [0.29, 0.717) is 28.5 Å². The standard InChI is InChI=1S/C30H32BClF2N6O3/c1-14-13-36-25(18-9-10-35-27(23(18)33)40-17(4)37-16(3)38-40)24(34)26(14)39-15(2)11-20(22(32)28(39)41)19-12-21(19)31-42-29(5,6)30(7,8)43-31/h9-11,13,19,21H,12H2,1-8H3/t19-,21+/m1/s1. The second kappa shape index (κ2) is 10.0. The molecule has 1 aliphatic carbocycles. The maximum Gasteiger partial charge on any atom is 0.461 e. The zero-order valence-electron chi connectivity index (χ0n) is 25.3. The van der Waals surface area contributed by atoms with Gasteiger partial charge in [-0.15, -0.1) is 5.10 Å². The molecule has 0 radical (unpaired) electrons. The van der Waals surface area contributed by atoms with E-state index in [-0.39, 0.29) is 39.5 Å². The highest BCUT2D eigenvalue weighted by Crippen LogP contribution is 2.59. The topological polar surface area (TPSA) is 97.0 Å². The number of hydrogen-bond acceptors (Lipinski definition) is 7. The van der Waals surface area contributed by atoms with Gasteiger partial charge in [-0.05, 0) is 91.0 Å². The van der Waals surface area contributed by atoms with E-state index in [1.165, 1.54) is 27.7 Å². The Morgan fingerprint density at radius 2 is 1.72 bits per heavy atom. The molecule has 1 saturated carbocycles. The molecule has 43 heavy (non-hydrogen) atoms. The fraction of sp³-hybridized carbons (Fsp3) is 0.433. The third-order valence-electron chi connectivity index (χ3n) is 8.82. The quantitative estimate of drug-likeness (QED) is 0.257. The van der Waals surface area contributed by atoms with E-state index in [1.807, 2.05) is 27.7 Å². The normalized spacial score (nSPS) is 20.6. The summed E-state index contributed by atoms with van der Waals surface area (Å²) in [5, 5.41) is 4.20. The molecule has 0 N–H and O–H groups in total. The van der Waals surface area contributed by atoms with Crippen molar-refractivity contribution in [2.75, 3.05) is 0 Å². The van der Waals surface area contributed by atoms with Crippen molar-refractivity contribution >= 4 is 18.7 Å². The van der Waals surface area contributed by atoms with E-state index in [2.05, 4.69) is 20.1 Å². The number of halogens is 3. The first kappa shape index (κ1) is 29.6. The molecule has 6 rings (SSSR count). The summed E-state index contributed by atoms with van der Waals surface area (Å²) in [6.07, 6.45) is 3.50. The van der Waals surface area contributed by atoms with Gasteiger partial charge in [0.2, 0.25) is 0 Å². The van der Waals surface area contributed by atoms with Gasteiger partial charge in [0.05, 0.1) is 16.9 Å². The Morgan fingerprint density at radius 3 is 2.35 bits per heavy atom. The van der Waals surface area contributed by atoms with Crippen LogP contribution in [-0.4, -0.2) is 47.6 Å². The molecule has 13 heteroatoms. The van der Waals surface area contributed by atoms with Gasteiger partial charge in [-0.3, -0.25) is 14.3 Å². The van der Waals surface area contributed by atoms with Crippen molar-refractivity contribution < 1.29 is 18.1 Å². The summed E-state index contributed by atoms with van der Waals surface area (Å²) < 4.78 is 47.1. The number of hydrogen-bond donors (Lipinski definition) is 0. The van der Waals surface area contributed by atoms with Crippen LogP contribution in [0.5, 0.6) is 0 Å². The molecule has 9 nitrogen and oxygen atoms in total. The van der Waals surface area contributed by atoms with Gasteiger partial charge in [0.15, 0.2) is 17.5 Å². The molecule has 1 aliphatic heterocycles. The number of rotatable bonds is 5. The van der Waals surface area contributed by atoms with Crippen molar-refractivity contribution in [1.82, 2.24) is 29.3 Å². The molecule has 1 saturated heterocycles. The molecule has 0 amide bonds. The first-order chi connectivity index (χ1) is 20.1. The first-order valence-corrected chi connectivity index (χ1v) is 14.5.